The highest BCUT2D eigenvalue weighted by Crippen LogP contribution is 2.29. The molecule has 0 saturated carbocycles. The number of nitrogens with zero attached hydrogens (tertiary/aromatic N) is 3. The zero-order valence-electron chi connectivity index (χ0n) is 15.2. The maximum absolute atomic E-state index is 12.3. The molecule has 0 radical (unpaired) electrons. The van der Waals surface area contributed by atoms with Crippen molar-refractivity contribution >= 4 is 40.9 Å². The van der Waals surface area contributed by atoms with Crippen molar-refractivity contribution in [2.75, 3.05) is 11.1 Å². The predicted molar refractivity (Wildman–Crippen MR) is 113 cm³/mol. The molecule has 0 spiro atoms. The van der Waals surface area contributed by atoms with Crippen LogP contribution in [0.25, 0.3) is 11.4 Å². The molecule has 0 aliphatic rings. The number of rotatable bonds is 8. The lowest BCUT2D eigenvalue weighted by molar-refractivity contribution is -0.113. The van der Waals surface area contributed by atoms with Crippen LogP contribution in [0.15, 0.2) is 66.3 Å². The summed E-state index contributed by atoms with van der Waals surface area (Å²) in [4.78, 5) is 23.3. The molecular formula is C20H17ClN4O3S. The Bertz CT molecular complexity index is 1070. The number of aromatic carboxylic acids is 1. The van der Waals surface area contributed by atoms with E-state index in [-0.39, 0.29) is 17.2 Å². The number of carboxylic acids is 1. The SMILES string of the molecule is C=CCn1c(SCC(=O)Nc2cccc(C(=O)O)c2)nnc1-c1ccccc1Cl. The molecule has 2 N–H and O–H groups in total. The number of nitrogens with one attached hydrogen (secondary N) is 1. The second kappa shape index (κ2) is 9.40. The Kier molecular flexibility index (Phi) is 6.69. The first-order valence-electron chi connectivity index (χ1n) is 8.54. The summed E-state index contributed by atoms with van der Waals surface area (Å²) >= 11 is 7.49. The average molecular weight is 429 g/mol. The molecule has 9 heteroatoms. The smallest absolute Gasteiger partial charge is 0.335 e. The summed E-state index contributed by atoms with van der Waals surface area (Å²) in [7, 11) is 0. The summed E-state index contributed by atoms with van der Waals surface area (Å²) in [5, 5.41) is 21.2. The van der Waals surface area contributed by atoms with E-state index < -0.39 is 5.97 Å². The van der Waals surface area contributed by atoms with Crippen LogP contribution in [0.5, 0.6) is 0 Å². The molecule has 7 nitrogen and oxygen atoms in total. The normalized spacial score (nSPS) is 10.5. The molecular weight excluding hydrogens is 412 g/mol. The van der Waals surface area contributed by atoms with Gasteiger partial charge < -0.3 is 10.4 Å². The standard InChI is InChI=1S/C20H17ClN4O3S/c1-2-10-25-18(15-8-3-4-9-16(15)21)23-24-20(25)29-12-17(26)22-14-7-5-6-13(11-14)19(27)28/h2-9,11H,1,10,12H2,(H,22,26)(H,27,28). The molecule has 0 fully saturated rings. The molecule has 29 heavy (non-hydrogen) atoms. The summed E-state index contributed by atoms with van der Waals surface area (Å²) in [5.74, 6) is -0.674. The van der Waals surface area contributed by atoms with Gasteiger partial charge >= 0.3 is 5.97 Å². The number of thioether (sulfide) groups is 1. The maximum Gasteiger partial charge on any atom is 0.335 e. The number of aromatic nitrogens is 3. The van der Waals surface area contributed by atoms with Gasteiger partial charge in [-0.05, 0) is 30.3 Å². The monoisotopic (exact) mass is 428 g/mol. The minimum absolute atomic E-state index is 0.0785. The summed E-state index contributed by atoms with van der Waals surface area (Å²) in [6, 6.07) is 13.4. The molecule has 0 bridgehead atoms. The number of halogens is 1. The van der Waals surface area contributed by atoms with Crippen LogP contribution < -0.4 is 5.32 Å². The van der Waals surface area contributed by atoms with E-state index in [4.69, 9.17) is 16.7 Å². The molecule has 148 valence electrons. The zero-order chi connectivity index (χ0) is 20.8. The number of benzene rings is 2. The van der Waals surface area contributed by atoms with Gasteiger partial charge in [0.05, 0.1) is 16.3 Å². The Morgan fingerprint density at radius 2 is 2.00 bits per heavy atom. The number of carboxylic acid groups (broad SMARTS) is 1. The van der Waals surface area contributed by atoms with E-state index in [0.717, 1.165) is 5.56 Å². The van der Waals surface area contributed by atoms with Gasteiger partial charge in [0.15, 0.2) is 11.0 Å². The summed E-state index contributed by atoms with van der Waals surface area (Å²) in [5.41, 5.74) is 1.26. The number of anilines is 1. The van der Waals surface area contributed by atoms with Crippen LogP contribution in [-0.2, 0) is 11.3 Å². The minimum atomic E-state index is -1.06. The van der Waals surface area contributed by atoms with E-state index in [2.05, 4.69) is 22.1 Å². The van der Waals surface area contributed by atoms with Crippen LogP contribution in [0.1, 0.15) is 10.4 Å². The Morgan fingerprint density at radius 1 is 1.21 bits per heavy atom. The Balaban J connectivity index is 1.73. The largest absolute Gasteiger partial charge is 0.478 e. The van der Waals surface area contributed by atoms with Gasteiger partial charge in [-0.25, -0.2) is 4.79 Å². The van der Waals surface area contributed by atoms with Crippen LogP contribution in [0, 0.1) is 0 Å². The van der Waals surface area contributed by atoms with Gasteiger partial charge in [0.2, 0.25) is 5.91 Å². The highest BCUT2D eigenvalue weighted by atomic mass is 35.5. The van der Waals surface area contributed by atoms with Crippen molar-refractivity contribution in [2.24, 2.45) is 0 Å². The first-order chi connectivity index (χ1) is 14.0. The first-order valence-corrected chi connectivity index (χ1v) is 9.91. The molecule has 1 amide bonds. The van der Waals surface area contributed by atoms with E-state index in [1.165, 1.54) is 23.9 Å². The maximum atomic E-state index is 12.3. The number of allylic oxidation sites excluding steroid dienone is 1. The lowest BCUT2D eigenvalue weighted by Gasteiger charge is -2.09. The molecule has 1 heterocycles. The molecule has 0 aliphatic carbocycles. The number of carbonyl (C=O) groups excluding carboxylic acids is 1. The molecule has 0 saturated heterocycles. The van der Waals surface area contributed by atoms with Crippen LogP contribution >= 0.6 is 23.4 Å². The van der Waals surface area contributed by atoms with Crippen LogP contribution in [-0.4, -0.2) is 37.5 Å². The van der Waals surface area contributed by atoms with Crippen molar-refractivity contribution < 1.29 is 14.7 Å². The average Bonchev–Trinajstić information content (AvgIpc) is 3.10. The van der Waals surface area contributed by atoms with E-state index in [1.807, 2.05) is 22.8 Å². The molecule has 1 aromatic heterocycles. The van der Waals surface area contributed by atoms with Gasteiger partial charge in [-0.15, -0.1) is 16.8 Å². The van der Waals surface area contributed by atoms with Gasteiger partial charge in [0, 0.05) is 17.8 Å². The second-order valence-electron chi connectivity index (χ2n) is 5.91. The van der Waals surface area contributed by atoms with Crippen molar-refractivity contribution in [3.63, 3.8) is 0 Å². The van der Waals surface area contributed by atoms with Gasteiger partial charge in [-0.2, -0.15) is 0 Å². The van der Waals surface area contributed by atoms with Gasteiger partial charge in [0.25, 0.3) is 0 Å². The fourth-order valence-corrected chi connectivity index (χ4v) is 3.56. The summed E-state index contributed by atoms with van der Waals surface area (Å²) in [6.45, 7) is 4.22. The van der Waals surface area contributed by atoms with Crippen molar-refractivity contribution in [3.8, 4) is 11.4 Å². The summed E-state index contributed by atoms with van der Waals surface area (Å²) < 4.78 is 1.83. The Labute approximate surface area is 176 Å². The van der Waals surface area contributed by atoms with Crippen molar-refractivity contribution in [1.29, 1.82) is 0 Å². The fourth-order valence-electron chi connectivity index (χ4n) is 2.59. The molecule has 3 aromatic rings. The lowest BCUT2D eigenvalue weighted by Crippen LogP contribution is -2.15. The van der Waals surface area contributed by atoms with Gasteiger partial charge in [-0.1, -0.05) is 47.6 Å². The zero-order valence-corrected chi connectivity index (χ0v) is 16.8. The highest BCUT2D eigenvalue weighted by Gasteiger charge is 2.17. The molecule has 2 aromatic carbocycles. The first kappa shape index (κ1) is 20.6. The minimum Gasteiger partial charge on any atom is -0.478 e. The van der Waals surface area contributed by atoms with E-state index in [1.54, 1.807) is 24.3 Å². The number of hydrogen-bond acceptors (Lipinski definition) is 5. The third-order valence-electron chi connectivity index (χ3n) is 3.87. The topological polar surface area (TPSA) is 97.1 Å². The van der Waals surface area contributed by atoms with Crippen LogP contribution in [0.3, 0.4) is 0 Å². The van der Waals surface area contributed by atoms with Crippen LogP contribution in [0.2, 0.25) is 5.02 Å². The number of hydrogen-bond donors (Lipinski definition) is 2. The third-order valence-corrected chi connectivity index (χ3v) is 5.17. The number of amides is 1. The van der Waals surface area contributed by atoms with E-state index in [0.29, 0.717) is 28.2 Å². The van der Waals surface area contributed by atoms with Crippen molar-refractivity contribution in [3.05, 3.63) is 71.8 Å². The highest BCUT2D eigenvalue weighted by molar-refractivity contribution is 7.99. The molecule has 0 atom stereocenters. The van der Waals surface area contributed by atoms with E-state index >= 15 is 0 Å². The molecule has 3 rings (SSSR count). The molecule has 0 unspecified atom stereocenters. The van der Waals surface area contributed by atoms with Gasteiger partial charge in [-0.3, -0.25) is 9.36 Å². The summed E-state index contributed by atoms with van der Waals surface area (Å²) in [6.07, 6.45) is 1.71. The van der Waals surface area contributed by atoms with E-state index in [9.17, 15) is 9.59 Å². The lowest BCUT2D eigenvalue weighted by atomic mass is 10.2. The third kappa shape index (κ3) is 5.04. The van der Waals surface area contributed by atoms with Crippen LogP contribution in [0.4, 0.5) is 5.69 Å². The fraction of sp³-hybridized carbons (Fsp3) is 0.100. The Hall–Kier alpha value is -3.10. The second-order valence-corrected chi connectivity index (χ2v) is 7.26. The van der Waals surface area contributed by atoms with Crippen molar-refractivity contribution in [1.82, 2.24) is 14.8 Å². The predicted octanol–water partition coefficient (Wildman–Crippen LogP) is 4.21. The quantitative estimate of drug-likeness (QED) is 0.412. The number of carbonyl (C=O) groups is 2. The van der Waals surface area contributed by atoms with Gasteiger partial charge in [0.1, 0.15) is 0 Å². The van der Waals surface area contributed by atoms with Crippen molar-refractivity contribution in [2.45, 2.75) is 11.7 Å². The molecule has 0 aliphatic heterocycles. The Morgan fingerprint density at radius 3 is 2.72 bits per heavy atom.